The first-order valence-corrected chi connectivity index (χ1v) is 8.13. The SMILES string of the molecule is CCNCc1cnc(N2CCC3CCCCC3C2)cn1. The van der Waals surface area contributed by atoms with Crippen molar-refractivity contribution in [3.63, 3.8) is 0 Å². The van der Waals surface area contributed by atoms with Gasteiger partial charge in [0.05, 0.1) is 18.1 Å². The summed E-state index contributed by atoms with van der Waals surface area (Å²) in [6.45, 7) is 6.23. The van der Waals surface area contributed by atoms with Crippen molar-refractivity contribution in [2.24, 2.45) is 11.8 Å². The fraction of sp³-hybridized carbons (Fsp3) is 0.750. The quantitative estimate of drug-likeness (QED) is 0.916. The predicted octanol–water partition coefficient (Wildman–Crippen LogP) is 2.60. The van der Waals surface area contributed by atoms with Crippen molar-refractivity contribution in [1.82, 2.24) is 15.3 Å². The van der Waals surface area contributed by atoms with Gasteiger partial charge in [-0.15, -0.1) is 0 Å². The van der Waals surface area contributed by atoms with Gasteiger partial charge in [-0.1, -0.05) is 26.2 Å². The van der Waals surface area contributed by atoms with E-state index >= 15 is 0 Å². The molecule has 0 amide bonds. The molecule has 4 nitrogen and oxygen atoms in total. The summed E-state index contributed by atoms with van der Waals surface area (Å²) in [5.74, 6) is 2.93. The Labute approximate surface area is 122 Å². The summed E-state index contributed by atoms with van der Waals surface area (Å²) in [4.78, 5) is 11.6. The normalized spacial score (nSPS) is 26.4. The van der Waals surface area contributed by atoms with Crippen LogP contribution in [0.3, 0.4) is 0 Å². The number of rotatable bonds is 4. The van der Waals surface area contributed by atoms with Gasteiger partial charge in [-0.05, 0) is 31.2 Å². The highest BCUT2D eigenvalue weighted by atomic mass is 15.2. The first-order valence-electron chi connectivity index (χ1n) is 8.13. The van der Waals surface area contributed by atoms with Gasteiger partial charge in [0.2, 0.25) is 0 Å². The average Bonchev–Trinajstić information content (AvgIpc) is 2.53. The van der Waals surface area contributed by atoms with Crippen LogP contribution in [0.4, 0.5) is 5.82 Å². The molecule has 2 fully saturated rings. The molecule has 1 aromatic heterocycles. The maximum absolute atomic E-state index is 4.62. The third kappa shape index (κ3) is 3.11. The van der Waals surface area contributed by atoms with Gasteiger partial charge < -0.3 is 10.2 Å². The Morgan fingerprint density at radius 1 is 1.15 bits per heavy atom. The fourth-order valence-corrected chi connectivity index (χ4v) is 3.66. The van der Waals surface area contributed by atoms with E-state index in [1.54, 1.807) is 0 Å². The molecule has 4 heteroatoms. The highest BCUT2D eigenvalue weighted by Crippen LogP contribution is 2.36. The van der Waals surface area contributed by atoms with Crippen LogP contribution >= 0.6 is 0 Å². The van der Waals surface area contributed by atoms with E-state index in [2.05, 4.69) is 27.1 Å². The standard InChI is InChI=1S/C16H26N4/c1-2-17-9-15-10-19-16(11-18-15)20-8-7-13-5-3-4-6-14(13)12-20/h10-11,13-14,17H,2-9,12H2,1H3. The molecule has 1 aliphatic carbocycles. The molecule has 20 heavy (non-hydrogen) atoms. The van der Waals surface area contributed by atoms with Gasteiger partial charge in [0.1, 0.15) is 5.82 Å². The van der Waals surface area contributed by atoms with Gasteiger partial charge >= 0.3 is 0 Å². The van der Waals surface area contributed by atoms with E-state index in [9.17, 15) is 0 Å². The fourth-order valence-electron chi connectivity index (χ4n) is 3.66. The summed E-state index contributed by atoms with van der Waals surface area (Å²) in [5, 5.41) is 3.28. The zero-order chi connectivity index (χ0) is 13.8. The monoisotopic (exact) mass is 274 g/mol. The summed E-state index contributed by atoms with van der Waals surface area (Å²) in [6, 6.07) is 0. The number of hydrogen-bond donors (Lipinski definition) is 1. The molecule has 1 aliphatic heterocycles. The van der Waals surface area contributed by atoms with E-state index in [4.69, 9.17) is 0 Å². The topological polar surface area (TPSA) is 41.1 Å². The van der Waals surface area contributed by atoms with E-state index < -0.39 is 0 Å². The van der Waals surface area contributed by atoms with E-state index in [1.165, 1.54) is 38.6 Å². The third-order valence-corrected chi connectivity index (χ3v) is 4.86. The van der Waals surface area contributed by atoms with Crippen LogP contribution in [-0.2, 0) is 6.54 Å². The van der Waals surface area contributed by atoms with E-state index in [1.807, 2.05) is 12.4 Å². The summed E-state index contributed by atoms with van der Waals surface area (Å²) in [5.41, 5.74) is 1.03. The molecular weight excluding hydrogens is 248 g/mol. The van der Waals surface area contributed by atoms with E-state index in [-0.39, 0.29) is 0 Å². The lowest BCUT2D eigenvalue weighted by molar-refractivity contribution is 0.202. The van der Waals surface area contributed by atoms with Crippen LogP contribution < -0.4 is 10.2 Å². The molecule has 0 radical (unpaired) electrons. The Morgan fingerprint density at radius 3 is 2.75 bits per heavy atom. The molecule has 0 aromatic carbocycles. The van der Waals surface area contributed by atoms with Crippen molar-refractivity contribution in [2.45, 2.75) is 45.6 Å². The van der Waals surface area contributed by atoms with Crippen molar-refractivity contribution in [3.8, 4) is 0 Å². The van der Waals surface area contributed by atoms with Crippen LogP contribution in [0, 0.1) is 11.8 Å². The number of anilines is 1. The van der Waals surface area contributed by atoms with Crippen molar-refractivity contribution in [1.29, 1.82) is 0 Å². The Morgan fingerprint density at radius 2 is 2.00 bits per heavy atom. The minimum absolute atomic E-state index is 0.814. The Hall–Kier alpha value is -1.16. The van der Waals surface area contributed by atoms with E-state index in [0.717, 1.165) is 43.0 Å². The summed E-state index contributed by atoms with van der Waals surface area (Å²) < 4.78 is 0. The Bertz CT molecular complexity index is 417. The molecular formula is C16H26N4. The Kier molecular flexibility index (Phi) is 4.51. The summed E-state index contributed by atoms with van der Waals surface area (Å²) in [6.07, 6.45) is 10.9. The first-order chi connectivity index (χ1) is 9.86. The van der Waals surface area contributed by atoms with Crippen LogP contribution in [-0.4, -0.2) is 29.6 Å². The van der Waals surface area contributed by atoms with Crippen LogP contribution in [0.15, 0.2) is 12.4 Å². The first kappa shape index (κ1) is 13.8. The second-order valence-electron chi connectivity index (χ2n) is 6.19. The highest BCUT2D eigenvalue weighted by molar-refractivity contribution is 5.36. The molecule has 2 atom stereocenters. The minimum atomic E-state index is 0.814. The number of nitrogens with one attached hydrogen (secondary N) is 1. The number of fused-ring (bicyclic) bond motifs is 1. The summed E-state index contributed by atoms with van der Waals surface area (Å²) in [7, 11) is 0. The molecule has 0 spiro atoms. The van der Waals surface area contributed by atoms with Crippen molar-refractivity contribution in [3.05, 3.63) is 18.1 Å². The average molecular weight is 274 g/mol. The molecule has 1 saturated carbocycles. The molecule has 1 N–H and O–H groups in total. The number of aromatic nitrogens is 2. The lowest BCUT2D eigenvalue weighted by Crippen LogP contribution is -2.42. The number of piperidine rings is 1. The molecule has 110 valence electrons. The molecule has 0 bridgehead atoms. The molecule has 2 aliphatic rings. The number of hydrogen-bond acceptors (Lipinski definition) is 4. The zero-order valence-corrected chi connectivity index (χ0v) is 12.5. The van der Waals surface area contributed by atoms with Gasteiger partial charge in [-0.3, -0.25) is 4.98 Å². The predicted molar refractivity (Wildman–Crippen MR) is 81.7 cm³/mol. The largest absolute Gasteiger partial charge is 0.355 e. The second-order valence-corrected chi connectivity index (χ2v) is 6.19. The maximum atomic E-state index is 4.62. The van der Waals surface area contributed by atoms with Gasteiger partial charge in [-0.2, -0.15) is 0 Å². The second kappa shape index (κ2) is 6.53. The van der Waals surface area contributed by atoms with Crippen molar-refractivity contribution < 1.29 is 0 Å². The van der Waals surface area contributed by atoms with Crippen LogP contribution in [0.5, 0.6) is 0 Å². The van der Waals surface area contributed by atoms with Gasteiger partial charge in [0.15, 0.2) is 0 Å². The van der Waals surface area contributed by atoms with Crippen molar-refractivity contribution >= 4 is 5.82 Å². The molecule has 1 aromatic rings. The zero-order valence-electron chi connectivity index (χ0n) is 12.5. The lowest BCUT2D eigenvalue weighted by Gasteiger charge is -2.41. The number of nitrogens with zero attached hydrogens (tertiary/aromatic N) is 3. The van der Waals surface area contributed by atoms with Crippen LogP contribution in [0.2, 0.25) is 0 Å². The highest BCUT2D eigenvalue weighted by Gasteiger charge is 2.31. The van der Waals surface area contributed by atoms with Gasteiger partial charge in [0.25, 0.3) is 0 Å². The molecule has 2 unspecified atom stereocenters. The molecule has 1 saturated heterocycles. The van der Waals surface area contributed by atoms with Gasteiger partial charge in [0, 0.05) is 19.6 Å². The van der Waals surface area contributed by atoms with Gasteiger partial charge in [-0.25, -0.2) is 4.98 Å². The summed E-state index contributed by atoms with van der Waals surface area (Å²) >= 11 is 0. The minimum Gasteiger partial charge on any atom is -0.355 e. The van der Waals surface area contributed by atoms with Crippen LogP contribution in [0.1, 0.15) is 44.7 Å². The molecule has 3 rings (SSSR count). The lowest BCUT2D eigenvalue weighted by atomic mass is 9.75. The van der Waals surface area contributed by atoms with Crippen molar-refractivity contribution in [2.75, 3.05) is 24.5 Å². The van der Waals surface area contributed by atoms with Crippen LogP contribution in [0.25, 0.3) is 0 Å². The third-order valence-electron chi connectivity index (χ3n) is 4.86. The van der Waals surface area contributed by atoms with E-state index in [0.29, 0.717) is 0 Å². The Balaban J connectivity index is 1.61. The molecule has 2 heterocycles. The maximum Gasteiger partial charge on any atom is 0.147 e. The smallest absolute Gasteiger partial charge is 0.147 e.